The Hall–Kier alpha value is -1.12. The standard InChI is InChI=1S/C12H12Cl2N2/c1-15-5-3-9(13)7-11(15)12-8-10(14)4-6-16(12)2/h3-8H,1-2H3/q+2. The molecule has 4 heteroatoms. The molecule has 0 aliphatic rings. The highest BCUT2D eigenvalue weighted by molar-refractivity contribution is 6.31. The molecule has 0 saturated carbocycles. The summed E-state index contributed by atoms with van der Waals surface area (Å²) < 4.78 is 4.02. The molecule has 2 heterocycles. The van der Waals surface area contributed by atoms with Gasteiger partial charge in [-0.15, -0.1) is 0 Å². The fraction of sp³-hybridized carbons (Fsp3) is 0.167. The summed E-state index contributed by atoms with van der Waals surface area (Å²) in [5.74, 6) is 0. The van der Waals surface area contributed by atoms with Gasteiger partial charge < -0.3 is 0 Å². The molecule has 0 atom stereocenters. The second-order valence-electron chi connectivity index (χ2n) is 3.68. The van der Waals surface area contributed by atoms with Crippen LogP contribution in [0.5, 0.6) is 0 Å². The van der Waals surface area contributed by atoms with Gasteiger partial charge >= 0.3 is 0 Å². The third kappa shape index (κ3) is 2.18. The monoisotopic (exact) mass is 254 g/mol. The molecule has 0 spiro atoms. The molecule has 2 rings (SSSR count). The van der Waals surface area contributed by atoms with Crippen LogP contribution < -0.4 is 9.13 Å². The van der Waals surface area contributed by atoms with Gasteiger partial charge in [0.2, 0.25) is 0 Å². The minimum absolute atomic E-state index is 0.716. The molecule has 0 aliphatic carbocycles. The fourth-order valence-electron chi connectivity index (χ4n) is 1.60. The van der Waals surface area contributed by atoms with Crippen LogP contribution in [-0.2, 0) is 14.1 Å². The Kier molecular flexibility index (Phi) is 3.13. The maximum atomic E-state index is 6.00. The zero-order valence-electron chi connectivity index (χ0n) is 9.11. The lowest BCUT2D eigenvalue weighted by Gasteiger charge is -2.00. The van der Waals surface area contributed by atoms with Crippen LogP contribution in [0.3, 0.4) is 0 Å². The minimum atomic E-state index is 0.716. The SMILES string of the molecule is C[n+]1ccc(Cl)cc1-c1cc(Cl)cc[n+]1C. The highest BCUT2D eigenvalue weighted by atomic mass is 35.5. The summed E-state index contributed by atoms with van der Waals surface area (Å²) >= 11 is 12.0. The van der Waals surface area contributed by atoms with Gasteiger partial charge in [0, 0.05) is 24.3 Å². The lowest BCUT2D eigenvalue weighted by molar-refractivity contribution is -0.690. The van der Waals surface area contributed by atoms with Crippen molar-refractivity contribution in [1.29, 1.82) is 0 Å². The van der Waals surface area contributed by atoms with Gasteiger partial charge in [0.1, 0.15) is 14.1 Å². The van der Waals surface area contributed by atoms with Crippen LogP contribution in [0, 0.1) is 0 Å². The van der Waals surface area contributed by atoms with Crippen molar-refractivity contribution in [3.8, 4) is 11.4 Å². The van der Waals surface area contributed by atoms with E-state index in [4.69, 9.17) is 23.2 Å². The number of halogens is 2. The molecule has 0 fully saturated rings. The molecule has 0 saturated heterocycles. The summed E-state index contributed by atoms with van der Waals surface area (Å²) in [4.78, 5) is 0. The first-order chi connectivity index (χ1) is 7.58. The average Bonchev–Trinajstić information content (AvgIpc) is 2.25. The van der Waals surface area contributed by atoms with E-state index in [1.165, 1.54) is 0 Å². The molecule has 2 nitrogen and oxygen atoms in total. The van der Waals surface area contributed by atoms with Crippen LogP contribution in [0.1, 0.15) is 0 Å². The molecule has 0 radical (unpaired) electrons. The van der Waals surface area contributed by atoms with Gasteiger partial charge in [-0.1, -0.05) is 23.2 Å². The number of hydrogen-bond acceptors (Lipinski definition) is 0. The maximum Gasteiger partial charge on any atom is 0.278 e. The second kappa shape index (κ2) is 4.40. The Labute approximate surface area is 105 Å². The van der Waals surface area contributed by atoms with Gasteiger partial charge in [-0.25, -0.2) is 0 Å². The van der Waals surface area contributed by atoms with E-state index in [9.17, 15) is 0 Å². The van der Waals surface area contributed by atoms with Crippen LogP contribution in [0.4, 0.5) is 0 Å². The van der Waals surface area contributed by atoms with Gasteiger partial charge in [0.25, 0.3) is 11.4 Å². The van der Waals surface area contributed by atoms with Gasteiger partial charge in [-0.3, -0.25) is 0 Å². The number of nitrogens with zero attached hydrogens (tertiary/aromatic N) is 2. The number of rotatable bonds is 1. The summed E-state index contributed by atoms with van der Waals surface area (Å²) in [5.41, 5.74) is 2.05. The Bertz CT molecular complexity index is 489. The molecule has 2 aromatic rings. The van der Waals surface area contributed by atoms with Crippen LogP contribution in [0.2, 0.25) is 10.0 Å². The third-order valence-corrected chi connectivity index (χ3v) is 2.96. The summed E-state index contributed by atoms with van der Waals surface area (Å²) in [5, 5.41) is 1.43. The average molecular weight is 255 g/mol. The van der Waals surface area contributed by atoms with Crippen molar-refractivity contribution in [3.63, 3.8) is 0 Å². The molecule has 0 bridgehead atoms. The van der Waals surface area contributed by atoms with E-state index in [-0.39, 0.29) is 0 Å². The zero-order valence-corrected chi connectivity index (χ0v) is 10.6. The lowest BCUT2D eigenvalue weighted by Crippen LogP contribution is -2.38. The van der Waals surface area contributed by atoms with Gasteiger partial charge in [0.15, 0.2) is 12.4 Å². The highest BCUT2D eigenvalue weighted by Gasteiger charge is 2.19. The van der Waals surface area contributed by atoms with E-state index >= 15 is 0 Å². The van der Waals surface area contributed by atoms with Crippen LogP contribution in [-0.4, -0.2) is 0 Å². The topological polar surface area (TPSA) is 7.76 Å². The normalized spacial score (nSPS) is 10.5. The number of pyridine rings is 2. The van der Waals surface area contributed by atoms with Crippen LogP contribution >= 0.6 is 23.2 Å². The molecule has 2 aromatic heterocycles. The number of aryl methyl sites for hydroxylation is 2. The van der Waals surface area contributed by atoms with Crippen LogP contribution in [0.15, 0.2) is 36.7 Å². The third-order valence-electron chi connectivity index (χ3n) is 2.49. The van der Waals surface area contributed by atoms with Crippen molar-refractivity contribution in [3.05, 3.63) is 46.7 Å². The van der Waals surface area contributed by atoms with Crippen molar-refractivity contribution in [2.75, 3.05) is 0 Å². The highest BCUT2D eigenvalue weighted by Crippen LogP contribution is 2.18. The Morgan fingerprint density at radius 1 is 0.812 bits per heavy atom. The Balaban J connectivity index is 2.66. The minimum Gasteiger partial charge on any atom is -0.196 e. The molecule has 82 valence electrons. The van der Waals surface area contributed by atoms with E-state index in [0.717, 1.165) is 11.4 Å². The zero-order chi connectivity index (χ0) is 11.7. The molecule has 0 aromatic carbocycles. The first kappa shape index (κ1) is 11.4. The molecule has 0 N–H and O–H groups in total. The second-order valence-corrected chi connectivity index (χ2v) is 4.56. The number of hydrogen-bond donors (Lipinski definition) is 0. The fourth-order valence-corrected chi connectivity index (χ4v) is 1.92. The Morgan fingerprint density at radius 3 is 1.56 bits per heavy atom. The quantitative estimate of drug-likeness (QED) is 0.691. The van der Waals surface area contributed by atoms with Crippen molar-refractivity contribution >= 4 is 23.2 Å². The van der Waals surface area contributed by atoms with Crippen LogP contribution in [0.25, 0.3) is 11.4 Å². The molecule has 16 heavy (non-hydrogen) atoms. The number of aromatic nitrogens is 2. The molecule has 0 unspecified atom stereocenters. The van der Waals surface area contributed by atoms with Crippen molar-refractivity contribution in [1.82, 2.24) is 0 Å². The summed E-state index contributed by atoms with van der Waals surface area (Å²) in [7, 11) is 3.96. The van der Waals surface area contributed by atoms with E-state index in [1.54, 1.807) is 0 Å². The first-order valence-electron chi connectivity index (χ1n) is 4.88. The van der Waals surface area contributed by atoms with E-state index in [0.29, 0.717) is 10.0 Å². The summed E-state index contributed by atoms with van der Waals surface area (Å²) in [6, 6.07) is 7.56. The Morgan fingerprint density at radius 2 is 1.19 bits per heavy atom. The van der Waals surface area contributed by atoms with Gasteiger partial charge in [-0.05, 0) is 0 Å². The summed E-state index contributed by atoms with van der Waals surface area (Å²) in [6.45, 7) is 0. The van der Waals surface area contributed by atoms with Crippen molar-refractivity contribution in [2.45, 2.75) is 0 Å². The van der Waals surface area contributed by atoms with E-state index in [2.05, 4.69) is 0 Å². The lowest BCUT2D eigenvalue weighted by atomic mass is 10.2. The molecular weight excluding hydrogens is 243 g/mol. The smallest absolute Gasteiger partial charge is 0.196 e. The summed E-state index contributed by atoms with van der Waals surface area (Å²) in [6.07, 6.45) is 3.86. The first-order valence-corrected chi connectivity index (χ1v) is 5.64. The molecule has 0 amide bonds. The van der Waals surface area contributed by atoms with Crippen molar-refractivity contribution < 1.29 is 9.13 Å². The largest absolute Gasteiger partial charge is 0.278 e. The predicted molar refractivity (Wildman–Crippen MR) is 64.3 cm³/mol. The maximum absolute atomic E-state index is 6.00. The van der Waals surface area contributed by atoms with Gasteiger partial charge in [-0.2, -0.15) is 9.13 Å². The molecule has 0 aliphatic heterocycles. The van der Waals surface area contributed by atoms with Crippen molar-refractivity contribution in [2.24, 2.45) is 14.1 Å². The van der Waals surface area contributed by atoms with E-state index in [1.807, 2.05) is 59.9 Å². The van der Waals surface area contributed by atoms with Gasteiger partial charge in [0.05, 0.1) is 10.0 Å². The predicted octanol–water partition coefficient (Wildman–Crippen LogP) is 2.31. The van der Waals surface area contributed by atoms with E-state index < -0.39 is 0 Å². The molecular formula is C12H12Cl2N2+2.